The average Bonchev–Trinajstić information content (AvgIpc) is 2.75. The van der Waals surface area contributed by atoms with Crippen LogP contribution in [0.5, 0.6) is 5.75 Å². The minimum atomic E-state index is -3.36. The molecular weight excluding hydrogens is 280 g/mol. The standard InChI is InChI=1S/C13H20N2O4S/c1-15-8-11(9-19-20(2,16)17)6-12(15)10-18-13-4-3-5-14-7-13/h3-5,7,11-12H,6,8-10H2,1-2H3/t11-,12+/m1/s1. The van der Waals surface area contributed by atoms with Crippen LogP contribution in [0.1, 0.15) is 6.42 Å². The lowest BCUT2D eigenvalue weighted by Crippen LogP contribution is -2.30. The van der Waals surface area contributed by atoms with Crippen LogP contribution in [0.15, 0.2) is 24.5 Å². The summed E-state index contributed by atoms with van der Waals surface area (Å²) in [7, 11) is -1.35. The van der Waals surface area contributed by atoms with Crippen LogP contribution < -0.4 is 4.74 Å². The Morgan fingerprint density at radius 1 is 1.45 bits per heavy atom. The molecule has 112 valence electrons. The molecule has 0 aromatic carbocycles. The van der Waals surface area contributed by atoms with Gasteiger partial charge in [0.05, 0.1) is 19.1 Å². The van der Waals surface area contributed by atoms with Gasteiger partial charge in [0.25, 0.3) is 10.1 Å². The Kier molecular flexibility index (Phi) is 4.95. The number of hydrogen-bond donors (Lipinski definition) is 0. The number of likely N-dealkylation sites (N-methyl/N-ethyl adjacent to an activating group) is 1. The number of aromatic nitrogens is 1. The van der Waals surface area contributed by atoms with Crippen molar-refractivity contribution in [1.82, 2.24) is 9.88 Å². The molecule has 2 atom stereocenters. The summed E-state index contributed by atoms with van der Waals surface area (Å²) in [6, 6.07) is 3.96. The van der Waals surface area contributed by atoms with Gasteiger partial charge in [0.15, 0.2) is 0 Å². The van der Waals surface area contributed by atoms with Gasteiger partial charge >= 0.3 is 0 Å². The van der Waals surface area contributed by atoms with Gasteiger partial charge in [0.2, 0.25) is 0 Å². The SMILES string of the molecule is CN1C[C@H](COS(C)(=O)=O)C[C@H]1COc1cccnc1. The van der Waals surface area contributed by atoms with Gasteiger partial charge in [-0.2, -0.15) is 8.42 Å². The molecular formula is C13H20N2O4S. The number of ether oxygens (including phenoxy) is 1. The summed E-state index contributed by atoms with van der Waals surface area (Å²) in [6.07, 6.45) is 5.33. The second-order valence-electron chi connectivity index (χ2n) is 5.18. The van der Waals surface area contributed by atoms with Gasteiger partial charge < -0.3 is 4.74 Å². The number of hydrogen-bond acceptors (Lipinski definition) is 6. The summed E-state index contributed by atoms with van der Waals surface area (Å²) in [5.41, 5.74) is 0. The molecule has 0 spiro atoms. The van der Waals surface area contributed by atoms with Crippen molar-refractivity contribution in [3.63, 3.8) is 0 Å². The molecule has 1 aliphatic heterocycles. The average molecular weight is 300 g/mol. The van der Waals surface area contributed by atoms with Crippen LogP contribution in [0.4, 0.5) is 0 Å². The molecule has 1 aliphatic rings. The van der Waals surface area contributed by atoms with E-state index in [0.717, 1.165) is 25.0 Å². The van der Waals surface area contributed by atoms with Crippen LogP contribution in [0.3, 0.4) is 0 Å². The van der Waals surface area contributed by atoms with Crippen molar-refractivity contribution in [1.29, 1.82) is 0 Å². The molecule has 2 rings (SSSR count). The molecule has 0 N–H and O–H groups in total. The van der Waals surface area contributed by atoms with Crippen molar-refractivity contribution in [3.8, 4) is 5.75 Å². The van der Waals surface area contributed by atoms with Crippen LogP contribution in [0, 0.1) is 5.92 Å². The molecule has 2 heterocycles. The topological polar surface area (TPSA) is 68.7 Å². The van der Waals surface area contributed by atoms with Crippen molar-refractivity contribution in [2.45, 2.75) is 12.5 Å². The Morgan fingerprint density at radius 2 is 2.25 bits per heavy atom. The van der Waals surface area contributed by atoms with Crippen molar-refractivity contribution in [2.24, 2.45) is 5.92 Å². The molecule has 1 aromatic heterocycles. The molecule has 0 saturated carbocycles. The van der Waals surface area contributed by atoms with Crippen molar-refractivity contribution in [2.75, 3.05) is 33.1 Å². The van der Waals surface area contributed by atoms with E-state index in [1.807, 2.05) is 19.2 Å². The Bertz CT molecular complexity index is 520. The first kappa shape index (κ1) is 15.2. The lowest BCUT2D eigenvalue weighted by molar-refractivity contribution is 0.197. The van der Waals surface area contributed by atoms with E-state index in [1.54, 1.807) is 12.4 Å². The normalized spacial score (nSPS) is 23.9. The van der Waals surface area contributed by atoms with E-state index in [-0.39, 0.29) is 18.6 Å². The summed E-state index contributed by atoms with van der Waals surface area (Å²) < 4.78 is 32.5. The maximum atomic E-state index is 11.0. The smallest absolute Gasteiger partial charge is 0.264 e. The predicted molar refractivity (Wildman–Crippen MR) is 75.1 cm³/mol. The highest BCUT2D eigenvalue weighted by molar-refractivity contribution is 7.85. The Morgan fingerprint density at radius 3 is 2.90 bits per heavy atom. The van der Waals surface area contributed by atoms with Crippen LogP contribution in [0.25, 0.3) is 0 Å². The largest absolute Gasteiger partial charge is 0.490 e. The van der Waals surface area contributed by atoms with Crippen LogP contribution >= 0.6 is 0 Å². The lowest BCUT2D eigenvalue weighted by Gasteiger charge is -2.19. The summed E-state index contributed by atoms with van der Waals surface area (Å²) in [5.74, 6) is 0.967. The first-order chi connectivity index (χ1) is 9.44. The first-order valence-electron chi connectivity index (χ1n) is 6.51. The first-order valence-corrected chi connectivity index (χ1v) is 8.33. The predicted octanol–water partition coefficient (Wildman–Crippen LogP) is 0.757. The Labute approximate surface area is 119 Å². The second-order valence-corrected chi connectivity index (χ2v) is 6.83. The zero-order valence-corrected chi connectivity index (χ0v) is 12.5. The van der Waals surface area contributed by atoms with Gasteiger partial charge in [-0.05, 0) is 31.5 Å². The van der Waals surface area contributed by atoms with Gasteiger partial charge in [-0.25, -0.2) is 0 Å². The molecule has 20 heavy (non-hydrogen) atoms. The summed E-state index contributed by atoms with van der Waals surface area (Å²) in [5, 5.41) is 0. The molecule has 0 amide bonds. The quantitative estimate of drug-likeness (QED) is 0.722. The van der Waals surface area contributed by atoms with E-state index in [1.165, 1.54) is 0 Å². The van der Waals surface area contributed by atoms with Crippen molar-refractivity contribution < 1.29 is 17.3 Å². The van der Waals surface area contributed by atoms with Gasteiger partial charge in [-0.1, -0.05) is 0 Å². The molecule has 0 aliphatic carbocycles. The zero-order valence-electron chi connectivity index (χ0n) is 11.7. The minimum absolute atomic E-state index is 0.220. The van der Waals surface area contributed by atoms with E-state index < -0.39 is 10.1 Å². The van der Waals surface area contributed by atoms with E-state index in [9.17, 15) is 8.42 Å². The zero-order chi connectivity index (χ0) is 14.6. The molecule has 0 unspecified atom stereocenters. The van der Waals surface area contributed by atoms with Gasteiger partial charge in [0.1, 0.15) is 12.4 Å². The number of rotatable bonds is 6. The molecule has 1 fully saturated rings. The third-order valence-corrected chi connectivity index (χ3v) is 3.93. The van der Waals surface area contributed by atoms with E-state index in [0.29, 0.717) is 6.61 Å². The number of likely N-dealkylation sites (tertiary alicyclic amines) is 1. The highest BCUT2D eigenvalue weighted by Gasteiger charge is 2.30. The summed E-state index contributed by atoms with van der Waals surface area (Å²) in [6.45, 7) is 1.63. The summed E-state index contributed by atoms with van der Waals surface area (Å²) >= 11 is 0. The Balaban J connectivity index is 1.79. The fourth-order valence-corrected chi connectivity index (χ4v) is 2.80. The van der Waals surface area contributed by atoms with Crippen molar-refractivity contribution >= 4 is 10.1 Å². The second kappa shape index (κ2) is 6.51. The highest BCUT2D eigenvalue weighted by Crippen LogP contribution is 2.23. The van der Waals surface area contributed by atoms with Gasteiger partial charge in [-0.3, -0.25) is 14.1 Å². The molecule has 1 saturated heterocycles. The third-order valence-electron chi connectivity index (χ3n) is 3.37. The third kappa shape index (κ3) is 4.73. The van der Waals surface area contributed by atoms with Crippen LogP contribution in [0.2, 0.25) is 0 Å². The van der Waals surface area contributed by atoms with Gasteiger partial charge in [-0.15, -0.1) is 0 Å². The fraction of sp³-hybridized carbons (Fsp3) is 0.615. The molecule has 0 radical (unpaired) electrons. The Hall–Kier alpha value is -1.18. The fourth-order valence-electron chi connectivity index (χ4n) is 2.36. The minimum Gasteiger partial charge on any atom is -0.490 e. The van der Waals surface area contributed by atoms with Gasteiger partial charge in [0, 0.05) is 18.8 Å². The highest BCUT2D eigenvalue weighted by atomic mass is 32.2. The number of pyridine rings is 1. The molecule has 7 heteroatoms. The van der Waals surface area contributed by atoms with E-state index >= 15 is 0 Å². The molecule has 0 bridgehead atoms. The van der Waals surface area contributed by atoms with E-state index in [2.05, 4.69) is 9.88 Å². The summed E-state index contributed by atoms with van der Waals surface area (Å²) in [4.78, 5) is 6.17. The van der Waals surface area contributed by atoms with Crippen molar-refractivity contribution in [3.05, 3.63) is 24.5 Å². The van der Waals surface area contributed by atoms with Crippen LogP contribution in [-0.4, -0.2) is 57.4 Å². The number of nitrogens with zero attached hydrogens (tertiary/aromatic N) is 2. The molecule has 1 aromatic rings. The lowest BCUT2D eigenvalue weighted by atomic mass is 10.1. The monoisotopic (exact) mass is 300 g/mol. The molecule has 6 nitrogen and oxygen atoms in total. The maximum absolute atomic E-state index is 11.0. The van der Waals surface area contributed by atoms with Crippen LogP contribution in [-0.2, 0) is 14.3 Å². The maximum Gasteiger partial charge on any atom is 0.264 e. The van der Waals surface area contributed by atoms with E-state index in [4.69, 9.17) is 8.92 Å².